The summed E-state index contributed by atoms with van der Waals surface area (Å²) in [4.78, 5) is 0. The van der Waals surface area contributed by atoms with Gasteiger partial charge in [-0.05, 0) is 48.4 Å². The van der Waals surface area contributed by atoms with E-state index < -0.39 is 0 Å². The molecule has 0 unspecified atom stereocenters. The number of rotatable bonds is 3. The van der Waals surface area contributed by atoms with Crippen molar-refractivity contribution in [3.05, 3.63) is 47.0 Å². The summed E-state index contributed by atoms with van der Waals surface area (Å²) in [7, 11) is 0. The maximum absolute atomic E-state index is 3.86. The number of hydrogen-bond donors (Lipinski definition) is 0. The van der Waals surface area contributed by atoms with E-state index in [0.29, 0.717) is 5.92 Å². The van der Waals surface area contributed by atoms with E-state index in [2.05, 4.69) is 60.3 Å². The fourth-order valence-electron chi connectivity index (χ4n) is 1.76. The summed E-state index contributed by atoms with van der Waals surface area (Å²) >= 11 is 0. The van der Waals surface area contributed by atoms with Crippen molar-refractivity contribution in [3.8, 4) is 0 Å². The number of allylic oxidation sites excluding steroid dienone is 1. The second-order valence-corrected chi connectivity index (χ2v) is 4.72. The van der Waals surface area contributed by atoms with E-state index >= 15 is 0 Å². The fourth-order valence-corrected chi connectivity index (χ4v) is 1.76. The van der Waals surface area contributed by atoms with Gasteiger partial charge in [0.2, 0.25) is 0 Å². The van der Waals surface area contributed by atoms with Crippen molar-refractivity contribution in [2.24, 2.45) is 0 Å². The van der Waals surface area contributed by atoms with Crippen LogP contribution in [0, 0.1) is 13.8 Å². The molecule has 0 radical (unpaired) electrons. The van der Waals surface area contributed by atoms with Crippen LogP contribution in [0.1, 0.15) is 62.3 Å². The summed E-state index contributed by atoms with van der Waals surface area (Å²) < 4.78 is 0. The van der Waals surface area contributed by atoms with Crippen molar-refractivity contribution >= 4 is 0 Å². The van der Waals surface area contributed by atoms with Crippen LogP contribution in [0.2, 0.25) is 0 Å². The maximum atomic E-state index is 3.86. The third kappa shape index (κ3) is 4.77. The molecule has 0 amide bonds. The minimum absolute atomic E-state index is 0.462. The predicted octanol–water partition coefficient (Wildman–Crippen LogP) is 5.57. The van der Waals surface area contributed by atoms with Gasteiger partial charge in [-0.1, -0.05) is 52.3 Å². The molecular formula is C17H28. The lowest BCUT2D eigenvalue weighted by molar-refractivity contribution is 0.924. The van der Waals surface area contributed by atoms with Crippen LogP contribution in [0.3, 0.4) is 0 Å². The molecule has 0 aliphatic heterocycles. The van der Waals surface area contributed by atoms with Crippen LogP contribution in [0.5, 0.6) is 0 Å². The molecule has 1 rings (SSSR count). The molecule has 0 spiro atoms. The van der Waals surface area contributed by atoms with Crippen LogP contribution in [0.25, 0.3) is 0 Å². The Kier molecular flexibility index (Phi) is 7.61. The minimum atomic E-state index is 0.462. The number of aryl methyl sites for hydroxylation is 3. The summed E-state index contributed by atoms with van der Waals surface area (Å²) in [6.07, 6.45) is 4.37. The highest BCUT2D eigenvalue weighted by molar-refractivity contribution is 5.40. The van der Waals surface area contributed by atoms with Gasteiger partial charge < -0.3 is 0 Å². The topological polar surface area (TPSA) is 0 Å². The Balaban J connectivity index is 0.000000770. The van der Waals surface area contributed by atoms with Gasteiger partial charge in [0.15, 0.2) is 0 Å². The molecule has 0 bridgehead atoms. The second-order valence-electron chi connectivity index (χ2n) is 4.72. The lowest BCUT2D eigenvalue weighted by Gasteiger charge is -2.15. The summed E-state index contributed by atoms with van der Waals surface area (Å²) in [5, 5.41) is 0. The Hall–Kier alpha value is -1.04. The van der Waals surface area contributed by atoms with E-state index in [0.717, 1.165) is 6.42 Å². The smallest absolute Gasteiger partial charge is 0.00103 e. The SMILES string of the molecule is C=C[C@@H](C)c1cc(C)c(C)cc1CC.CCC. The van der Waals surface area contributed by atoms with Gasteiger partial charge in [-0.3, -0.25) is 0 Å². The molecule has 1 atom stereocenters. The van der Waals surface area contributed by atoms with Crippen LogP contribution < -0.4 is 0 Å². The van der Waals surface area contributed by atoms with Gasteiger partial charge in [-0.2, -0.15) is 0 Å². The standard InChI is InChI=1S/C14H20.C3H8/c1-6-10(3)14-9-12(5)11(4)8-13(14)7-2;1-3-2/h6,8-10H,1,7H2,2-5H3;3H2,1-2H3/t10-;/m1./s1. The summed E-state index contributed by atoms with van der Waals surface area (Å²) in [6.45, 7) is 16.9. The highest BCUT2D eigenvalue weighted by Gasteiger charge is 2.08. The second kappa shape index (κ2) is 8.11. The average molecular weight is 232 g/mol. The zero-order valence-corrected chi connectivity index (χ0v) is 12.4. The summed E-state index contributed by atoms with van der Waals surface area (Å²) in [5.74, 6) is 0.462. The van der Waals surface area contributed by atoms with Crippen molar-refractivity contribution in [1.82, 2.24) is 0 Å². The van der Waals surface area contributed by atoms with E-state index in [4.69, 9.17) is 0 Å². The predicted molar refractivity (Wildman–Crippen MR) is 79.9 cm³/mol. The molecule has 0 saturated heterocycles. The van der Waals surface area contributed by atoms with E-state index in [1.807, 2.05) is 6.08 Å². The van der Waals surface area contributed by atoms with Crippen LogP contribution in [-0.4, -0.2) is 0 Å². The van der Waals surface area contributed by atoms with Crippen LogP contribution in [0.15, 0.2) is 24.8 Å². The average Bonchev–Trinajstić information content (AvgIpc) is 2.32. The molecule has 0 aliphatic rings. The van der Waals surface area contributed by atoms with Gasteiger partial charge >= 0.3 is 0 Å². The Morgan fingerprint density at radius 2 is 1.59 bits per heavy atom. The lowest BCUT2D eigenvalue weighted by Crippen LogP contribution is -1.98. The first-order valence-corrected chi connectivity index (χ1v) is 6.74. The molecule has 0 N–H and O–H groups in total. The molecule has 17 heavy (non-hydrogen) atoms. The van der Waals surface area contributed by atoms with Crippen molar-refractivity contribution < 1.29 is 0 Å². The van der Waals surface area contributed by atoms with E-state index in [1.54, 1.807) is 0 Å². The van der Waals surface area contributed by atoms with Gasteiger partial charge in [0.25, 0.3) is 0 Å². The molecule has 0 aromatic heterocycles. The Morgan fingerprint density at radius 3 is 2.00 bits per heavy atom. The normalized spacial score (nSPS) is 11.4. The van der Waals surface area contributed by atoms with Crippen LogP contribution in [-0.2, 0) is 6.42 Å². The largest absolute Gasteiger partial charge is 0.102 e. The summed E-state index contributed by atoms with van der Waals surface area (Å²) in [5.41, 5.74) is 5.67. The number of benzene rings is 1. The molecule has 0 aliphatic carbocycles. The number of hydrogen-bond acceptors (Lipinski definition) is 0. The fraction of sp³-hybridized carbons (Fsp3) is 0.529. The van der Waals surface area contributed by atoms with Crippen LogP contribution in [0.4, 0.5) is 0 Å². The molecule has 0 fully saturated rings. The third-order valence-corrected chi connectivity index (χ3v) is 2.98. The monoisotopic (exact) mass is 232 g/mol. The first-order chi connectivity index (χ1) is 8.01. The molecular weight excluding hydrogens is 204 g/mol. The first-order valence-electron chi connectivity index (χ1n) is 6.74. The van der Waals surface area contributed by atoms with Crippen molar-refractivity contribution in [2.75, 3.05) is 0 Å². The van der Waals surface area contributed by atoms with Gasteiger partial charge in [0.05, 0.1) is 0 Å². The zero-order chi connectivity index (χ0) is 13.4. The third-order valence-electron chi connectivity index (χ3n) is 2.98. The van der Waals surface area contributed by atoms with E-state index in [-0.39, 0.29) is 0 Å². The van der Waals surface area contributed by atoms with Crippen molar-refractivity contribution in [3.63, 3.8) is 0 Å². The maximum Gasteiger partial charge on any atom is -0.00103 e. The quantitative estimate of drug-likeness (QED) is 0.597. The highest BCUT2D eigenvalue weighted by atomic mass is 14.1. The molecule has 0 heterocycles. The Labute approximate surface area is 108 Å². The van der Waals surface area contributed by atoms with Crippen LogP contribution >= 0.6 is 0 Å². The molecule has 1 aromatic carbocycles. The Bertz CT molecular complexity index is 347. The van der Waals surface area contributed by atoms with Gasteiger partial charge in [-0.25, -0.2) is 0 Å². The molecule has 1 aromatic rings. The van der Waals surface area contributed by atoms with E-state index in [9.17, 15) is 0 Å². The molecule has 96 valence electrons. The van der Waals surface area contributed by atoms with Gasteiger partial charge in [0.1, 0.15) is 0 Å². The van der Waals surface area contributed by atoms with E-state index in [1.165, 1.54) is 28.7 Å². The molecule has 0 nitrogen and oxygen atoms in total. The van der Waals surface area contributed by atoms with Crippen molar-refractivity contribution in [2.45, 2.75) is 60.3 Å². The molecule has 0 saturated carbocycles. The van der Waals surface area contributed by atoms with Crippen molar-refractivity contribution in [1.29, 1.82) is 0 Å². The van der Waals surface area contributed by atoms with Gasteiger partial charge in [0, 0.05) is 0 Å². The first kappa shape index (κ1) is 16.0. The Morgan fingerprint density at radius 1 is 1.12 bits per heavy atom. The van der Waals surface area contributed by atoms with Gasteiger partial charge in [-0.15, -0.1) is 6.58 Å². The summed E-state index contributed by atoms with van der Waals surface area (Å²) in [6, 6.07) is 4.62. The lowest BCUT2D eigenvalue weighted by atomic mass is 9.91. The molecule has 0 heteroatoms. The highest BCUT2D eigenvalue weighted by Crippen LogP contribution is 2.24. The zero-order valence-electron chi connectivity index (χ0n) is 12.4. The minimum Gasteiger partial charge on any atom is -0.102 e.